The SMILES string of the molecule is O=c1cc[nH]c2ccc3cc[nH]c3c12. The molecule has 3 aromatic rings. The maximum Gasteiger partial charge on any atom is 0.191 e. The van der Waals surface area contributed by atoms with Gasteiger partial charge in [-0.15, -0.1) is 0 Å². The maximum atomic E-state index is 11.7. The molecule has 2 N–H and O–H groups in total. The molecule has 0 bridgehead atoms. The van der Waals surface area contributed by atoms with Crippen molar-refractivity contribution in [3.63, 3.8) is 0 Å². The van der Waals surface area contributed by atoms with Crippen LogP contribution in [0.5, 0.6) is 0 Å². The zero-order valence-corrected chi connectivity index (χ0v) is 7.37. The average Bonchev–Trinajstić information content (AvgIpc) is 2.65. The van der Waals surface area contributed by atoms with Crippen molar-refractivity contribution in [2.24, 2.45) is 0 Å². The molecule has 0 radical (unpaired) electrons. The fourth-order valence-electron chi connectivity index (χ4n) is 1.79. The number of fused-ring (bicyclic) bond motifs is 3. The van der Waals surface area contributed by atoms with Gasteiger partial charge >= 0.3 is 0 Å². The fourth-order valence-corrected chi connectivity index (χ4v) is 1.79. The summed E-state index contributed by atoms with van der Waals surface area (Å²) in [4.78, 5) is 17.8. The second kappa shape index (κ2) is 2.48. The van der Waals surface area contributed by atoms with Crippen molar-refractivity contribution >= 4 is 21.8 Å². The molecule has 3 nitrogen and oxygen atoms in total. The van der Waals surface area contributed by atoms with E-state index in [-0.39, 0.29) is 5.43 Å². The molecule has 0 saturated heterocycles. The van der Waals surface area contributed by atoms with Gasteiger partial charge in [-0.05, 0) is 12.1 Å². The summed E-state index contributed by atoms with van der Waals surface area (Å²) in [6, 6.07) is 7.42. The first-order valence-electron chi connectivity index (χ1n) is 4.44. The van der Waals surface area contributed by atoms with E-state index in [9.17, 15) is 4.79 Å². The largest absolute Gasteiger partial charge is 0.361 e. The molecule has 0 atom stereocenters. The van der Waals surface area contributed by atoms with Crippen LogP contribution in [-0.2, 0) is 0 Å². The van der Waals surface area contributed by atoms with Crippen LogP contribution in [0.1, 0.15) is 0 Å². The molecule has 1 aromatic carbocycles. The molecule has 0 aliphatic rings. The van der Waals surface area contributed by atoms with Crippen molar-refractivity contribution < 1.29 is 0 Å². The number of aromatic nitrogens is 2. The van der Waals surface area contributed by atoms with Gasteiger partial charge in [-0.1, -0.05) is 6.07 Å². The Labute approximate surface area is 79.4 Å². The number of rotatable bonds is 0. The van der Waals surface area contributed by atoms with Crippen molar-refractivity contribution in [2.45, 2.75) is 0 Å². The van der Waals surface area contributed by atoms with E-state index >= 15 is 0 Å². The van der Waals surface area contributed by atoms with E-state index in [1.807, 2.05) is 24.4 Å². The van der Waals surface area contributed by atoms with Crippen LogP contribution in [0.2, 0.25) is 0 Å². The predicted octanol–water partition coefficient (Wildman–Crippen LogP) is 2.01. The van der Waals surface area contributed by atoms with Crippen LogP contribution in [-0.4, -0.2) is 9.97 Å². The quantitative estimate of drug-likeness (QED) is 0.551. The van der Waals surface area contributed by atoms with Crippen molar-refractivity contribution in [2.75, 3.05) is 0 Å². The standard InChI is InChI=1S/C11H8N2O/c14-9-4-6-12-8-2-1-7-3-5-13-11(7)10(8)9/h1-6,13H,(H,12,14). The molecule has 2 heterocycles. The van der Waals surface area contributed by atoms with Gasteiger partial charge in [0.2, 0.25) is 0 Å². The highest BCUT2D eigenvalue weighted by Gasteiger charge is 2.03. The van der Waals surface area contributed by atoms with E-state index in [1.54, 1.807) is 12.3 Å². The number of H-pyrrole nitrogens is 2. The molecule has 0 amide bonds. The Bertz CT molecular complexity index is 663. The molecule has 0 spiro atoms. The lowest BCUT2D eigenvalue weighted by Crippen LogP contribution is -2.00. The summed E-state index contributed by atoms with van der Waals surface area (Å²) < 4.78 is 0. The molecule has 0 fully saturated rings. The van der Waals surface area contributed by atoms with E-state index in [1.165, 1.54) is 0 Å². The average molecular weight is 184 g/mol. The second-order valence-corrected chi connectivity index (χ2v) is 3.27. The first kappa shape index (κ1) is 7.38. The maximum absolute atomic E-state index is 11.7. The van der Waals surface area contributed by atoms with E-state index in [0.29, 0.717) is 0 Å². The number of nitrogens with one attached hydrogen (secondary N) is 2. The third kappa shape index (κ3) is 0.836. The molecule has 3 heteroatoms. The lowest BCUT2D eigenvalue weighted by atomic mass is 10.1. The van der Waals surface area contributed by atoms with Crippen LogP contribution >= 0.6 is 0 Å². The summed E-state index contributed by atoms with van der Waals surface area (Å²) in [7, 11) is 0. The van der Waals surface area contributed by atoms with Crippen molar-refractivity contribution in [1.82, 2.24) is 9.97 Å². The highest BCUT2D eigenvalue weighted by atomic mass is 16.1. The molecule has 0 aliphatic heterocycles. The predicted molar refractivity (Wildman–Crippen MR) is 56.4 cm³/mol. The summed E-state index contributed by atoms with van der Waals surface area (Å²) in [6.45, 7) is 0. The van der Waals surface area contributed by atoms with Crippen LogP contribution in [0.15, 0.2) is 41.5 Å². The molecule has 0 unspecified atom stereocenters. The van der Waals surface area contributed by atoms with Crippen LogP contribution < -0.4 is 5.43 Å². The minimum Gasteiger partial charge on any atom is -0.361 e. The van der Waals surface area contributed by atoms with E-state index in [4.69, 9.17) is 0 Å². The molecule has 68 valence electrons. The van der Waals surface area contributed by atoms with Crippen LogP contribution in [0, 0.1) is 0 Å². The molecular formula is C11H8N2O. The molecule has 0 aliphatic carbocycles. The van der Waals surface area contributed by atoms with Crippen molar-refractivity contribution in [1.29, 1.82) is 0 Å². The number of pyridine rings is 1. The lowest BCUT2D eigenvalue weighted by Gasteiger charge is -1.97. The number of hydrogen-bond acceptors (Lipinski definition) is 1. The highest BCUT2D eigenvalue weighted by molar-refractivity contribution is 6.03. The first-order chi connectivity index (χ1) is 6.86. The van der Waals surface area contributed by atoms with Gasteiger partial charge in [0.15, 0.2) is 5.43 Å². The van der Waals surface area contributed by atoms with Gasteiger partial charge in [-0.25, -0.2) is 0 Å². The number of benzene rings is 1. The van der Waals surface area contributed by atoms with Crippen molar-refractivity contribution in [3.8, 4) is 0 Å². The van der Waals surface area contributed by atoms with E-state index in [2.05, 4.69) is 9.97 Å². The Morgan fingerprint density at radius 1 is 0.929 bits per heavy atom. The molecule has 3 rings (SSSR count). The normalized spacial score (nSPS) is 11.1. The summed E-state index contributed by atoms with van der Waals surface area (Å²) in [5.41, 5.74) is 1.82. The third-order valence-corrected chi connectivity index (χ3v) is 2.45. The van der Waals surface area contributed by atoms with E-state index in [0.717, 1.165) is 21.8 Å². The van der Waals surface area contributed by atoms with Crippen LogP contribution in [0.3, 0.4) is 0 Å². The summed E-state index contributed by atoms with van der Waals surface area (Å²) in [5.74, 6) is 0. The topological polar surface area (TPSA) is 48.6 Å². The fraction of sp³-hybridized carbons (Fsp3) is 0. The Morgan fingerprint density at radius 2 is 1.79 bits per heavy atom. The van der Waals surface area contributed by atoms with Gasteiger partial charge in [-0.2, -0.15) is 0 Å². The second-order valence-electron chi connectivity index (χ2n) is 3.27. The summed E-state index contributed by atoms with van der Waals surface area (Å²) in [6.07, 6.45) is 3.51. The van der Waals surface area contributed by atoms with E-state index < -0.39 is 0 Å². The van der Waals surface area contributed by atoms with Gasteiger partial charge in [-0.3, -0.25) is 4.79 Å². The Morgan fingerprint density at radius 3 is 2.71 bits per heavy atom. The third-order valence-electron chi connectivity index (χ3n) is 2.45. The van der Waals surface area contributed by atoms with Gasteiger partial charge < -0.3 is 9.97 Å². The van der Waals surface area contributed by atoms with Gasteiger partial charge in [0, 0.05) is 23.8 Å². The molecule has 2 aromatic heterocycles. The van der Waals surface area contributed by atoms with Crippen LogP contribution in [0.4, 0.5) is 0 Å². The summed E-state index contributed by atoms with van der Waals surface area (Å²) >= 11 is 0. The molecule has 14 heavy (non-hydrogen) atoms. The minimum atomic E-state index is 0.0480. The van der Waals surface area contributed by atoms with Gasteiger partial charge in [0.25, 0.3) is 0 Å². The monoisotopic (exact) mass is 184 g/mol. The minimum absolute atomic E-state index is 0.0480. The van der Waals surface area contributed by atoms with Gasteiger partial charge in [0.1, 0.15) is 0 Å². The Kier molecular flexibility index (Phi) is 1.31. The zero-order chi connectivity index (χ0) is 9.54. The van der Waals surface area contributed by atoms with Gasteiger partial charge in [0.05, 0.1) is 16.4 Å². The Balaban J connectivity index is 2.74. The number of aromatic amines is 2. The first-order valence-corrected chi connectivity index (χ1v) is 4.44. The highest BCUT2D eigenvalue weighted by Crippen LogP contribution is 2.19. The number of hydrogen-bond donors (Lipinski definition) is 2. The lowest BCUT2D eigenvalue weighted by molar-refractivity contribution is 1.39. The van der Waals surface area contributed by atoms with Crippen LogP contribution in [0.25, 0.3) is 21.8 Å². The van der Waals surface area contributed by atoms with Crippen molar-refractivity contribution in [3.05, 3.63) is 46.9 Å². The molecular weight excluding hydrogens is 176 g/mol. The Hall–Kier alpha value is -2.03. The molecule has 0 saturated carbocycles. The zero-order valence-electron chi connectivity index (χ0n) is 7.37. The summed E-state index contributed by atoms with van der Waals surface area (Å²) in [5, 5.41) is 1.80. The smallest absolute Gasteiger partial charge is 0.191 e.